The highest BCUT2D eigenvalue weighted by atomic mass is 32.2. The zero-order valence-corrected chi connectivity index (χ0v) is 5.93. The Labute approximate surface area is 62.2 Å². The smallest absolute Gasteiger partial charge is 0.358 e. The minimum atomic E-state index is -1.19. The molecule has 0 aliphatic heterocycles. The van der Waals surface area contributed by atoms with Gasteiger partial charge >= 0.3 is 12.2 Å². The van der Waals surface area contributed by atoms with Crippen molar-refractivity contribution in [3.63, 3.8) is 0 Å². The lowest BCUT2D eigenvalue weighted by Crippen LogP contribution is -2.22. The Hall–Kier alpha value is -0.560. The largest absolute Gasteiger partial charge is 0.438 e. The SMILES string of the molecule is NC(=O)OC(=O)N(S)S. The Morgan fingerprint density at radius 2 is 1.89 bits per heavy atom. The van der Waals surface area contributed by atoms with Crippen LogP contribution in [0.5, 0.6) is 0 Å². The Kier molecular flexibility index (Phi) is 3.25. The van der Waals surface area contributed by atoms with Crippen molar-refractivity contribution in [2.75, 3.05) is 0 Å². The molecule has 0 aliphatic rings. The summed E-state index contributed by atoms with van der Waals surface area (Å²) in [4.78, 5) is 20.0. The summed E-state index contributed by atoms with van der Waals surface area (Å²) in [6.45, 7) is 0. The molecule has 0 heterocycles. The molecule has 0 aliphatic carbocycles. The van der Waals surface area contributed by atoms with E-state index in [9.17, 15) is 9.59 Å². The van der Waals surface area contributed by atoms with Crippen LogP contribution >= 0.6 is 25.6 Å². The molecule has 2 N–H and O–H groups in total. The van der Waals surface area contributed by atoms with Crippen LogP contribution in [0.1, 0.15) is 0 Å². The highest BCUT2D eigenvalue weighted by Gasteiger charge is 2.08. The number of primary amides is 1. The summed E-state index contributed by atoms with van der Waals surface area (Å²) >= 11 is 6.77. The van der Waals surface area contributed by atoms with E-state index >= 15 is 0 Å². The van der Waals surface area contributed by atoms with E-state index in [-0.39, 0.29) is 0 Å². The van der Waals surface area contributed by atoms with Crippen molar-refractivity contribution in [2.45, 2.75) is 0 Å². The number of rotatable bonds is 0. The third kappa shape index (κ3) is 3.98. The zero-order valence-electron chi connectivity index (χ0n) is 4.14. The highest BCUT2D eigenvalue weighted by molar-refractivity contribution is 7.94. The van der Waals surface area contributed by atoms with Gasteiger partial charge in [0.15, 0.2) is 0 Å². The van der Waals surface area contributed by atoms with Gasteiger partial charge in [0.05, 0.1) is 0 Å². The number of amides is 2. The number of nitrogens with two attached hydrogens (primary N) is 1. The molecule has 0 radical (unpaired) electrons. The van der Waals surface area contributed by atoms with E-state index in [4.69, 9.17) is 0 Å². The monoisotopic (exact) mass is 168 g/mol. The molecule has 0 rings (SSSR count). The van der Waals surface area contributed by atoms with Gasteiger partial charge in [-0.15, -0.1) is 0 Å². The number of hydrogen-bond acceptors (Lipinski definition) is 5. The van der Waals surface area contributed by atoms with E-state index in [1.165, 1.54) is 0 Å². The Morgan fingerprint density at radius 1 is 1.44 bits per heavy atom. The first-order valence-corrected chi connectivity index (χ1v) is 2.53. The molecule has 0 aromatic rings. The molecule has 52 valence electrons. The minimum Gasteiger partial charge on any atom is -0.358 e. The van der Waals surface area contributed by atoms with Crippen molar-refractivity contribution in [2.24, 2.45) is 5.73 Å². The zero-order chi connectivity index (χ0) is 7.44. The molecule has 0 unspecified atom stereocenters. The predicted molar refractivity (Wildman–Crippen MR) is 35.9 cm³/mol. The molecule has 0 atom stereocenters. The van der Waals surface area contributed by atoms with Crippen LogP contribution in [0.15, 0.2) is 0 Å². The molecule has 0 aromatic carbocycles. The van der Waals surface area contributed by atoms with Crippen molar-refractivity contribution in [1.82, 2.24) is 3.71 Å². The van der Waals surface area contributed by atoms with Crippen molar-refractivity contribution < 1.29 is 14.3 Å². The molecule has 7 heteroatoms. The van der Waals surface area contributed by atoms with E-state index < -0.39 is 12.2 Å². The van der Waals surface area contributed by atoms with Crippen LogP contribution in [0.4, 0.5) is 9.59 Å². The maximum atomic E-state index is 10.2. The summed E-state index contributed by atoms with van der Waals surface area (Å²) in [5.74, 6) is 0. The normalized spacial score (nSPS) is 8.22. The Bertz CT molecular complexity index is 136. The van der Waals surface area contributed by atoms with Gasteiger partial charge in [0.1, 0.15) is 0 Å². The van der Waals surface area contributed by atoms with Crippen molar-refractivity contribution in [1.29, 1.82) is 0 Å². The second-order valence-corrected chi connectivity index (χ2v) is 2.09. The van der Waals surface area contributed by atoms with Crippen LogP contribution in [-0.4, -0.2) is 15.9 Å². The molecular formula is C2H4N2O3S2. The number of ether oxygens (including phenoxy) is 1. The number of carbonyl (C=O) groups excluding carboxylic acids is 2. The van der Waals surface area contributed by atoms with Gasteiger partial charge in [0.25, 0.3) is 0 Å². The van der Waals surface area contributed by atoms with Gasteiger partial charge in [0, 0.05) is 0 Å². The van der Waals surface area contributed by atoms with Crippen LogP contribution < -0.4 is 5.73 Å². The van der Waals surface area contributed by atoms with Crippen molar-refractivity contribution in [3.05, 3.63) is 0 Å². The fraction of sp³-hybridized carbons (Fsp3) is 0. The number of carbonyl (C=O) groups is 2. The first-order valence-electron chi connectivity index (χ1n) is 1.73. The first kappa shape index (κ1) is 8.44. The molecule has 0 fully saturated rings. The molecule has 9 heavy (non-hydrogen) atoms. The van der Waals surface area contributed by atoms with Crippen LogP contribution in [0.2, 0.25) is 0 Å². The highest BCUT2D eigenvalue weighted by Crippen LogP contribution is 1.99. The summed E-state index contributed by atoms with van der Waals surface area (Å²) < 4.78 is 4.28. The maximum absolute atomic E-state index is 10.2. The lowest BCUT2D eigenvalue weighted by Gasteiger charge is -2.03. The Morgan fingerprint density at radius 3 is 2.00 bits per heavy atom. The number of thiol groups is 2. The fourth-order valence-corrected chi connectivity index (χ4v) is 0.209. The van der Waals surface area contributed by atoms with Gasteiger partial charge in [-0.2, -0.15) is 3.71 Å². The molecule has 2 amide bonds. The molecule has 0 saturated carbocycles. The summed E-state index contributed by atoms with van der Waals surface area (Å²) in [7, 11) is 0. The third-order valence-electron chi connectivity index (χ3n) is 0.351. The summed E-state index contributed by atoms with van der Waals surface area (Å²) in [6.07, 6.45) is -2.22. The second-order valence-electron chi connectivity index (χ2n) is 0.976. The second kappa shape index (κ2) is 3.46. The van der Waals surface area contributed by atoms with Gasteiger partial charge < -0.3 is 10.5 Å². The average Bonchev–Trinajstić information content (AvgIpc) is 1.63. The van der Waals surface area contributed by atoms with Crippen LogP contribution in [0.3, 0.4) is 0 Å². The van der Waals surface area contributed by atoms with Gasteiger partial charge in [-0.1, -0.05) is 0 Å². The Balaban J connectivity index is 3.64. The first-order chi connectivity index (χ1) is 4.04. The minimum absolute atomic E-state index is 0.491. The molecule has 0 spiro atoms. The van der Waals surface area contributed by atoms with Crippen molar-refractivity contribution in [3.8, 4) is 0 Å². The standard InChI is InChI=1S/C2H4N2O3S2/c3-1(5)7-2(6)4(8)9/h8-9H,(H2,3,5). The van der Waals surface area contributed by atoms with E-state index in [1.54, 1.807) is 0 Å². The van der Waals surface area contributed by atoms with Crippen molar-refractivity contribution >= 4 is 37.8 Å². The lowest BCUT2D eigenvalue weighted by atomic mass is 11.1. The quantitative estimate of drug-likeness (QED) is 0.357. The summed E-state index contributed by atoms with van der Waals surface area (Å²) in [5.41, 5.74) is 4.45. The van der Waals surface area contributed by atoms with E-state index in [2.05, 4.69) is 36.1 Å². The number of hydrogen-bond donors (Lipinski definition) is 3. The van der Waals surface area contributed by atoms with E-state index in [1.807, 2.05) is 0 Å². The maximum Gasteiger partial charge on any atom is 0.438 e. The van der Waals surface area contributed by atoms with Crippen LogP contribution in [0.25, 0.3) is 0 Å². The molecule has 0 saturated heterocycles. The van der Waals surface area contributed by atoms with E-state index in [0.29, 0.717) is 3.71 Å². The molecule has 0 aromatic heterocycles. The molecule has 0 bridgehead atoms. The number of nitrogens with zero attached hydrogens (tertiary/aromatic N) is 1. The summed E-state index contributed by atoms with van der Waals surface area (Å²) in [6, 6.07) is 0. The lowest BCUT2D eigenvalue weighted by molar-refractivity contribution is 0.154. The average molecular weight is 168 g/mol. The predicted octanol–water partition coefficient (Wildman–Crippen LogP) is 0.193. The van der Waals surface area contributed by atoms with Gasteiger partial charge in [-0.3, -0.25) is 0 Å². The third-order valence-corrected chi connectivity index (χ3v) is 0.678. The van der Waals surface area contributed by atoms with Gasteiger partial charge in [0.2, 0.25) is 0 Å². The molecular weight excluding hydrogens is 164 g/mol. The van der Waals surface area contributed by atoms with E-state index in [0.717, 1.165) is 0 Å². The fourth-order valence-electron chi connectivity index (χ4n) is 0.127. The van der Waals surface area contributed by atoms with Gasteiger partial charge in [-0.25, -0.2) is 9.59 Å². The van der Waals surface area contributed by atoms with Crippen LogP contribution in [0, 0.1) is 0 Å². The topological polar surface area (TPSA) is 72.6 Å². The molecule has 5 nitrogen and oxygen atoms in total. The van der Waals surface area contributed by atoms with Gasteiger partial charge in [-0.05, 0) is 25.6 Å². The summed E-state index contributed by atoms with van der Waals surface area (Å²) in [5, 5.41) is 0. The van der Waals surface area contributed by atoms with Crippen LogP contribution in [-0.2, 0) is 4.74 Å².